The number of carbonyl (C=O) groups is 5. The number of carboxylic acids is 2. The first-order valence-corrected chi connectivity index (χ1v) is 11.8. The number of esters is 1. The van der Waals surface area contributed by atoms with Gasteiger partial charge in [-0.1, -0.05) is 5.16 Å². The van der Waals surface area contributed by atoms with Crippen molar-refractivity contribution >= 4 is 63.1 Å². The number of carboxylic acid groups (broad SMARTS) is 2. The Labute approximate surface area is 197 Å². The predicted molar refractivity (Wildman–Crippen MR) is 111 cm³/mol. The van der Waals surface area contributed by atoms with Crippen molar-refractivity contribution in [2.24, 2.45) is 11.1 Å². The molecule has 3 saturated heterocycles. The van der Waals surface area contributed by atoms with Gasteiger partial charge in [0, 0.05) is 5.38 Å². The van der Waals surface area contributed by atoms with Gasteiger partial charge in [-0.25, -0.2) is 19.5 Å². The van der Waals surface area contributed by atoms with Crippen LogP contribution in [-0.4, -0.2) is 89.1 Å². The van der Waals surface area contributed by atoms with Gasteiger partial charge in [-0.15, -0.1) is 11.3 Å². The molecule has 4 heterocycles. The smallest absolute Gasteiger partial charge is 0.371 e. The van der Waals surface area contributed by atoms with E-state index in [0.29, 0.717) is 0 Å². The van der Waals surface area contributed by atoms with E-state index < -0.39 is 81.5 Å². The molecule has 2 amide bonds. The number of fused-ring (bicyclic) bond motifs is 3. The van der Waals surface area contributed by atoms with E-state index in [1.54, 1.807) is 0 Å². The molecule has 4 rings (SSSR count). The number of β-lactam (4-membered cyclic amide) rings is 1. The Hall–Kier alpha value is -3.44. The average Bonchev–Trinajstić information content (AvgIpc) is 3.34. The third kappa shape index (κ3) is 3.51. The number of aliphatic carboxylic acids is 2. The number of nitrogen functional groups attached to an aromatic ring is 1. The molecule has 6 atom stereocenters. The molecule has 0 saturated carbocycles. The summed E-state index contributed by atoms with van der Waals surface area (Å²) in [6.07, 6.45) is -0.324. The molecular formula is C17H17N5O10S2. The second-order valence-corrected chi connectivity index (χ2v) is 10.3. The summed E-state index contributed by atoms with van der Waals surface area (Å²) in [4.78, 5) is 69.9. The average molecular weight is 515 g/mol. The van der Waals surface area contributed by atoms with Crippen molar-refractivity contribution in [3.63, 3.8) is 0 Å². The van der Waals surface area contributed by atoms with Crippen molar-refractivity contribution in [2.45, 2.75) is 35.7 Å². The van der Waals surface area contributed by atoms with Gasteiger partial charge in [0.2, 0.25) is 12.0 Å². The van der Waals surface area contributed by atoms with Crippen LogP contribution in [0, 0.1) is 5.92 Å². The maximum Gasteiger partial charge on any atom is 0.371 e. The number of anilines is 1. The van der Waals surface area contributed by atoms with Gasteiger partial charge >= 0.3 is 17.9 Å². The van der Waals surface area contributed by atoms with E-state index in [0.717, 1.165) is 16.2 Å². The quantitative estimate of drug-likeness (QED) is 0.0984. The molecule has 0 spiro atoms. The second-order valence-electron chi connectivity index (χ2n) is 7.55. The first kappa shape index (κ1) is 23.7. The fourth-order valence-corrected chi connectivity index (χ4v) is 6.67. The Kier molecular flexibility index (Phi) is 5.86. The van der Waals surface area contributed by atoms with Gasteiger partial charge in [0.15, 0.2) is 16.9 Å². The van der Waals surface area contributed by atoms with Crippen molar-refractivity contribution in [3.8, 4) is 0 Å². The molecule has 0 bridgehead atoms. The minimum atomic E-state index is -2.32. The first-order valence-electron chi connectivity index (χ1n) is 9.60. The SMILES string of the molecule is C[C@H]1[C@@H]2CC(=O)O[C@]2(C(=O)O)N2C(=O)[C@@H](NC(=O)/C(=N\OCC(=O)O)c3csc(N)n3)[C@H]2[S@+]1[O-]. The van der Waals surface area contributed by atoms with Crippen LogP contribution in [0.1, 0.15) is 19.0 Å². The Morgan fingerprint density at radius 3 is 2.76 bits per heavy atom. The van der Waals surface area contributed by atoms with Crippen LogP contribution >= 0.6 is 11.3 Å². The number of hydrogen-bond donors (Lipinski definition) is 4. The van der Waals surface area contributed by atoms with E-state index >= 15 is 0 Å². The van der Waals surface area contributed by atoms with Crippen LogP contribution < -0.4 is 11.1 Å². The highest BCUT2D eigenvalue weighted by Gasteiger charge is 2.78. The van der Waals surface area contributed by atoms with Gasteiger partial charge in [-0.2, -0.15) is 0 Å². The van der Waals surface area contributed by atoms with Crippen molar-refractivity contribution in [3.05, 3.63) is 11.1 Å². The maximum atomic E-state index is 13.1. The molecule has 3 fully saturated rings. The minimum Gasteiger partial charge on any atom is -0.614 e. The molecule has 1 aromatic rings. The zero-order chi connectivity index (χ0) is 24.9. The Morgan fingerprint density at radius 1 is 1.47 bits per heavy atom. The van der Waals surface area contributed by atoms with Crippen molar-refractivity contribution < 1.29 is 48.3 Å². The number of ether oxygens (including phenoxy) is 1. The standard InChI is InChI=1S/C17H17N5O10S2/c1-5-6-2-9(25)32-17(6,15(28)29)22-13(27)11(14(22)34(5)30)20-12(26)10(21-31-3-8(23)24)7-4-33-16(18)19-7/h4-6,11,14H,2-3H2,1H3,(H2,18,19)(H,20,26)(H,23,24)(H,28,29)/b21-10-/t5-,6-,11+,14+,17+,34+/m0/s1. The Morgan fingerprint density at radius 2 is 2.18 bits per heavy atom. The van der Waals surface area contributed by atoms with Crippen LogP contribution in [-0.2, 0) is 44.7 Å². The monoisotopic (exact) mass is 515 g/mol. The van der Waals surface area contributed by atoms with E-state index in [9.17, 15) is 33.6 Å². The number of hydrogen-bond acceptors (Lipinski definition) is 12. The van der Waals surface area contributed by atoms with E-state index in [-0.39, 0.29) is 17.2 Å². The summed E-state index contributed by atoms with van der Waals surface area (Å²) in [5.41, 5.74) is 2.67. The Balaban J connectivity index is 1.61. The highest BCUT2D eigenvalue weighted by molar-refractivity contribution is 7.92. The van der Waals surface area contributed by atoms with Gasteiger partial charge in [0.05, 0.1) is 12.3 Å². The summed E-state index contributed by atoms with van der Waals surface area (Å²) in [6, 6.07) is -1.44. The molecule has 3 aliphatic heterocycles. The number of nitrogens with one attached hydrogen (secondary N) is 1. The largest absolute Gasteiger partial charge is 0.614 e. The molecule has 3 aliphatic rings. The summed E-state index contributed by atoms with van der Waals surface area (Å²) in [5.74, 6) is -6.79. The van der Waals surface area contributed by atoms with Gasteiger partial charge in [-0.05, 0) is 18.1 Å². The lowest BCUT2D eigenvalue weighted by atomic mass is 9.86. The zero-order valence-electron chi connectivity index (χ0n) is 17.2. The summed E-state index contributed by atoms with van der Waals surface area (Å²) in [6.45, 7) is 0.606. The lowest BCUT2D eigenvalue weighted by Crippen LogP contribution is -2.85. The van der Waals surface area contributed by atoms with Crippen LogP contribution in [0.5, 0.6) is 0 Å². The number of nitrogens with zero attached hydrogens (tertiary/aromatic N) is 3. The molecule has 15 nitrogen and oxygen atoms in total. The van der Waals surface area contributed by atoms with Crippen molar-refractivity contribution in [2.75, 3.05) is 12.3 Å². The van der Waals surface area contributed by atoms with E-state index in [1.165, 1.54) is 12.3 Å². The molecular weight excluding hydrogens is 498 g/mol. The number of amides is 2. The van der Waals surface area contributed by atoms with E-state index in [1.807, 2.05) is 0 Å². The van der Waals surface area contributed by atoms with Crippen LogP contribution in [0.15, 0.2) is 10.5 Å². The fourth-order valence-electron chi connectivity index (χ4n) is 4.16. The lowest BCUT2D eigenvalue weighted by Gasteiger charge is -2.57. The number of nitrogens with two attached hydrogens (primary N) is 1. The molecule has 0 radical (unpaired) electrons. The highest BCUT2D eigenvalue weighted by Crippen LogP contribution is 2.51. The van der Waals surface area contributed by atoms with Crippen molar-refractivity contribution in [1.29, 1.82) is 0 Å². The van der Waals surface area contributed by atoms with Gasteiger partial charge < -0.3 is 35.4 Å². The topological polar surface area (TPSA) is 234 Å². The third-order valence-electron chi connectivity index (χ3n) is 5.65. The van der Waals surface area contributed by atoms with Crippen LogP contribution in [0.2, 0.25) is 0 Å². The summed E-state index contributed by atoms with van der Waals surface area (Å²) in [5, 5.41) is 23.6. The molecule has 0 aliphatic carbocycles. The lowest BCUT2D eigenvalue weighted by molar-refractivity contribution is -0.218. The number of oxime groups is 1. The normalized spacial score (nSPS) is 32.2. The summed E-state index contributed by atoms with van der Waals surface area (Å²) < 4.78 is 18.2. The highest BCUT2D eigenvalue weighted by atomic mass is 32.2. The Bertz CT molecular complexity index is 1120. The van der Waals surface area contributed by atoms with E-state index in [4.69, 9.17) is 15.6 Å². The summed E-state index contributed by atoms with van der Waals surface area (Å²) in [7, 11) is 0. The molecule has 182 valence electrons. The third-order valence-corrected chi connectivity index (χ3v) is 8.34. The maximum absolute atomic E-state index is 13.1. The van der Waals surface area contributed by atoms with Crippen molar-refractivity contribution in [1.82, 2.24) is 15.2 Å². The molecule has 5 N–H and O–H groups in total. The molecule has 34 heavy (non-hydrogen) atoms. The van der Waals surface area contributed by atoms with Gasteiger partial charge in [0.25, 0.3) is 17.5 Å². The fraction of sp³-hybridized carbons (Fsp3) is 0.471. The van der Waals surface area contributed by atoms with Crippen LogP contribution in [0.4, 0.5) is 5.13 Å². The van der Waals surface area contributed by atoms with Crippen LogP contribution in [0.3, 0.4) is 0 Å². The molecule has 0 aromatic carbocycles. The number of carbonyl (C=O) groups excluding carboxylic acids is 3. The second kappa shape index (κ2) is 8.41. The number of rotatable bonds is 7. The summed E-state index contributed by atoms with van der Waals surface area (Å²) >= 11 is -0.903. The molecule has 1 aromatic heterocycles. The molecule has 0 unspecified atom stereocenters. The van der Waals surface area contributed by atoms with Gasteiger partial charge in [0.1, 0.15) is 10.9 Å². The van der Waals surface area contributed by atoms with E-state index in [2.05, 4.69) is 20.3 Å². The van der Waals surface area contributed by atoms with Gasteiger partial charge in [-0.3, -0.25) is 14.4 Å². The number of aromatic nitrogens is 1. The predicted octanol–water partition coefficient (Wildman–Crippen LogP) is -2.32. The number of thiazole rings is 1. The zero-order valence-corrected chi connectivity index (χ0v) is 18.8. The molecule has 17 heteroatoms. The minimum absolute atomic E-state index is 0.0688. The first-order chi connectivity index (χ1) is 16.0. The van der Waals surface area contributed by atoms with Crippen LogP contribution in [0.25, 0.3) is 0 Å².